The summed E-state index contributed by atoms with van der Waals surface area (Å²) in [6.45, 7) is 3.26. The van der Waals surface area contributed by atoms with Crippen LogP contribution in [0.25, 0.3) is 17.4 Å². The highest BCUT2D eigenvalue weighted by atomic mass is 16.5. The summed E-state index contributed by atoms with van der Waals surface area (Å²) in [4.78, 5) is 49.8. The van der Waals surface area contributed by atoms with Crippen LogP contribution in [0.3, 0.4) is 0 Å². The van der Waals surface area contributed by atoms with Gasteiger partial charge in [0.15, 0.2) is 5.78 Å². The van der Waals surface area contributed by atoms with Crippen molar-refractivity contribution >= 4 is 29.6 Å². The van der Waals surface area contributed by atoms with Crippen LogP contribution < -0.4 is 4.74 Å². The molecule has 1 aromatic heterocycles. The summed E-state index contributed by atoms with van der Waals surface area (Å²) in [5.74, 6) is -0.956. The van der Waals surface area contributed by atoms with Crippen molar-refractivity contribution in [3.63, 3.8) is 0 Å². The second-order valence-electron chi connectivity index (χ2n) is 10.6. The van der Waals surface area contributed by atoms with Gasteiger partial charge in [-0.1, -0.05) is 36.4 Å². The van der Waals surface area contributed by atoms with Gasteiger partial charge in [0, 0.05) is 29.5 Å². The SMILES string of the molecule is CC(=O)c1ccc(-c2ccc([C@@H]3CC(=O)Oc4cc5c(c(O)c43)C(=O)O[C@H](C)CCCC(=O)CCCC=C5)o2)cc1. The summed E-state index contributed by atoms with van der Waals surface area (Å²) < 4.78 is 17.4. The van der Waals surface area contributed by atoms with Crippen LogP contribution >= 0.6 is 0 Å². The Morgan fingerprint density at radius 3 is 2.51 bits per heavy atom. The van der Waals surface area contributed by atoms with E-state index in [9.17, 15) is 24.3 Å². The maximum Gasteiger partial charge on any atom is 0.342 e. The molecule has 8 heteroatoms. The zero-order valence-corrected chi connectivity index (χ0v) is 23.1. The Morgan fingerprint density at radius 2 is 1.76 bits per heavy atom. The van der Waals surface area contributed by atoms with Gasteiger partial charge in [-0.05, 0) is 63.3 Å². The fourth-order valence-corrected chi connectivity index (χ4v) is 5.33. The number of phenolic OH excluding ortho intramolecular Hbond substituents is 1. The molecule has 2 aromatic carbocycles. The molecule has 41 heavy (non-hydrogen) atoms. The minimum Gasteiger partial charge on any atom is -0.507 e. The molecule has 0 unspecified atom stereocenters. The lowest BCUT2D eigenvalue weighted by Crippen LogP contribution is -2.23. The third-order valence-corrected chi connectivity index (χ3v) is 7.52. The third-order valence-electron chi connectivity index (χ3n) is 7.52. The smallest absolute Gasteiger partial charge is 0.342 e. The molecule has 5 rings (SSSR count). The van der Waals surface area contributed by atoms with Crippen molar-refractivity contribution in [1.29, 1.82) is 0 Å². The van der Waals surface area contributed by atoms with E-state index < -0.39 is 24.0 Å². The molecule has 3 heterocycles. The summed E-state index contributed by atoms with van der Waals surface area (Å²) >= 11 is 0. The monoisotopic (exact) mass is 556 g/mol. The molecular weight excluding hydrogens is 524 g/mol. The van der Waals surface area contributed by atoms with Crippen molar-refractivity contribution in [3.05, 3.63) is 76.6 Å². The first-order valence-corrected chi connectivity index (χ1v) is 13.9. The van der Waals surface area contributed by atoms with E-state index in [1.807, 2.05) is 6.08 Å². The van der Waals surface area contributed by atoms with Crippen LogP contribution in [-0.4, -0.2) is 34.7 Å². The van der Waals surface area contributed by atoms with Crippen molar-refractivity contribution in [2.45, 2.75) is 70.8 Å². The molecule has 212 valence electrons. The Hall–Kier alpha value is -4.46. The van der Waals surface area contributed by atoms with Gasteiger partial charge in [0.05, 0.1) is 18.4 Å². The quantitative estimate of drug-likeness (QED) is 0.213. The largest absolute Gasteiger partial charge is 0.507 e. The van der Waals surface area contributed by atoms with E-state index in [0.717, 1.165) is 5.56 Å². The molecule has 0 spiro atoms. The summed E-state index contributed by atoms with van der Waals surface area (Å²) in [6.07, 6.45) is 6.32. The number of ketones is 2. The summed E-state index contributed by atoms with van der Waals surface area (Å²) in [5, 5.41) is 11.6. The number of hydrogen-bond acceptors (Lipinski definition) is 8. The first kappa shape index (κ1) is 28.1. The number of allylic oxidation sites excluding steroid dienone is 1. The number of benzene rings is 2. The van der Waals surface area contributed by atoms with Crippen LogP contribution in [0.5, 0.6) is 11.5 Å². The molecule has 2 aliphatic heterocycles. The number of carbonyl (C=O) groups excluding carboxylic acids is 4. The Kier molecular flexibility index (Phi) is 8.19. The number of hydrogen-bond donors (Lipinski definition) is 1. The van der Waals surface area contributed by atoms with Gasteiger partial charge in [-0.25, -0.2) is 4.79 Å². The number of rotatable bonds is 3. The number of furan rings is 1. The first-order valence-electron chi connectivity index (χ1n) is 13.9. The van der Waals surface area contributed by atoms with E-state index in [0.29, 0.717) is 61.2 Å². The third kappa shape index (κ3) is 6.16. The van der Waals surface area contributed by atoms with Crippen LogP contribution in [0.15, 0.2) is 53.0 Å². The summed E-state index contributed by atoms with van der Waals surface area (Å²) in [6, 6.07) is 12.1. The van der Waals surface area contributed by atoms with Gasteiger partial charge in [0.25, 0.3) is 0 Å². The second-order valence-corrected chi connectivity index (χ2v) is 10.6. The van der Waals surface area contributed by atoms with Gasteiger partial charge >= 0.3 is 11.9 Å². The van der Waals surface area contributed by atoms with Gasteiger partial charge in [-0.2, -0.15) is 0 Å². The molecule has 8 nitrogen and oxygen atoms in total. The molecule has 0 radical (unpaired) electrons. The molecule has 2 aliphatic rings. The number of aromatic hydroxyl groups is 1. The van der Waals surface area contributed by atoms with Crippen LogP contribution in [0, 0.1) is 0 Å². The van der Waals surface area contributed by atoms with Gasteiger partial charge in [-0.3, -0.25) is 14.4 Å². The number of esters is 2. The maximum absolute atomic E-state index is 13.4. The van der Waals surface area contributed by atoms with Crippen molar-refractivity contribution < 1.29 is 38.2 Å². The van der Waals surface area contributed by atoms with Crippen molar-refractivity contribution in [1.82, 2.24) is 0 Å². The average Bonchev–Trinajstić information content (AvgIpc) is 3.42. The van der Waals surface area contributed by atoms with E-state index in [2.05, 4.69) is 0 Å². The lowest BCUT2D eigenvalue weighted by Gasteiger charge is -2.26. The number of carbonyl (C=O) groups is 4. The lowest BCUT2D eigenvalue weighted by molar-refractivity contribution is -0.135. The molecule has 2 atom stereocenters. The Morgan fingerprint density at radius 1 is 1.00 bits per heavy atom. The molecule has 1 N–H and O–H groups in total. The topological polar surface area (TPSA) is 120 Å². The number of phenols is 1. The number of cyclic esters (lactones) is 1. The summed E-state index contributed by atoms with van der Waals surface area (Å²) in [7, 11) is 0. The van der Waals surface area contributed by atoms with E-state index in [1.54, 1.807) is 55.5 Å². The molecule has 0 amide bonds. The van der Waals surface area contributed by atoms with Crippen LogP contribution in [0.2, 0.25) is 0 Å². The Balaban J connectivity index is 1.54. The summed E-state index contributed by atoms with van der Waals surface area (Å²) in [5.41, 5.74) is 1.97. The first-order chi connectivity index (χ1) is 19.7. The zero-order chi connectivity index (χ0) is 29.1. The lowest BCUT2D eigenvalue weighted by atomic mass is 9.86. The predicted octanol–water partition coefficient (Wildman–Crippen LogP) is 6.78. The molecule has 0 fully saturated rings. The maximum atomic E-state index is 13.4. The second kappa shape index (κ2) is 12.0. The van der Waals surface area contributed by atoms with Crippen molar-refractivity contribution in [2.75, 3.05) is 0 Å². The predicted molar refractivity (Wildman–Crippen MR) is 151 cm³/mol. The van der Waals surface area contributed by atoms with Gasteiger partial charge in [-0.15, -0.1) is 0 Å². The normalized spacial score (nSPS) is 19.9. The van der Waals surface area contributed by atoms with E-state index in [1.165, 1.54) is 6.92 Å². The zero-order valence-electron chi connectivity index (χ0n) is 23.1. The fraction of sp³-hybridized carbons (Fsp3) is 0.333. The standard InChI is InChI=1S/C33H32O8/c1-19-7-6-10-24(35)9-5-3-4-8-23-17-28-31(32(37)30(23)33(38)39-19)25(18-29(36)41-28)27-16-15-26(40-27)22-13-11-21(12-14-22)20(2)34/h4,8,11-17,19,25,37H,3,5-7,9-10,18H2,1-2H3/t19-,25+/m1/s1. The van der Waals surface area contributed by atoms with E-state index >= 15 is 0 Å². The Labute approximate surface area is 238 Å². The molecule has 0 bridgehead atoms. The van der Waals surface area contributed by atoms with Gasteiger partial charge in [0.2, 0.25) is 0 Å². The van der Waals surface area contributed by atoms with Crippen LogP contribution in [0.4, 0.5) is 0 Å². The highest BCUT2D eigenvalue weighted by molar-refractivity contribution is 5.99. The van der Waals surface area contributed by atoms with E-state index in [4.69, 9.17) is 13.9 Å². The number of fused-ring (bicyclic) bond motifs is 2. The highest BCUT2D eigenvalue weighted by Gasteiger charge is 2.37. The molecule has 0 aliphatic carbocycles. The number of Topliss-reactive ketones (excluding diaryl/α,β-unsaturated/α-hetero) is 2. The molecule has 0 saturated heterocycles. The van der Waals surface area contributed by atoms with Gasteiger partial charge < -0.3 is 19.0 Å². The Bertz CT molecular complexity index is 1530. The minimum absolute atomic E-state index is 0.00506. The van der Waals surface area contributed by atoms with Crippen molar-refractivity contribution in [3.8, 4) is 22.8 Å². The van der Waals surface area contributed by atoms with Crippen molar-refractivity contribution in [2.24, 2.45) is 0 Å². The molecule has 3 aromatic rings. The fourth-order valence-electron chi connectivity index (χ4n) is 5.33. The molecule has 0 saturated carbocycles. The van der Waals surface area contributed by atoms with Crippen LogP contribution in [0.1, 0.15) is 102 Å². The van der Waals surface area contributed by atoms with Gasteiger partial charge in [0.1, 0.15) is 34.4 Å². The molecular formula is C33H32O8. The average molecular weight is 557 g/mol. The van der Waals surface area contributed by atoms with Crippen LogP contribution in [-0.2, 0) is 14.3 Å². The minimum atomic E-state index is -0.699. The number of ether oxygens (including phenoxy) is 2. The van der Waals surface area contributed by atoms with E-state index in [-0.39, 0.29) is 40.6 Å². The highest BCUT2D eigenvalue weighted by Crippen LogP contribution is 2.48.